The Kier molecular flexibility index (Phi) is 4.33. The lowest BCUT2D eigenvalue weighted by atomic mass is 10.3. The van der Waals surface area contributed by atoms with Gasteiger partial charge >= 0.3 is 5.97 Å². The zero-order valence-electron chi connectivity index (χ0n) is 4.65. The van der Waals surface area contributed by atoms with Crippen molar-refractivity contribution in [2.24, 2.45) is 0 Å². The minimum Gasteiger partial charge on any atom is -0.480 e. The molecule has 0 radical (unpaired) electrons. The molecule has 1 N–H and O–H groups in total. The second kappa shape index (κ2) is 4.00. The molecule has 10 heavy (non-hydrogen) atoms. The van der Waals surface area contributed by atoms with Gasteiger partial charge in [-0.15, -0.1) is 11.6 Å². The number of carbonyl (C=O) groups is 1. The van der Waals surface area contributed by atoms with Gasteiger partial charge in [0.25, 0.3) is 0 Å². The minimum atomic E-state index is -1.45. The number of carboxylic acids is 1. The Bertz CT molecular complexity index is 138. The fraction of sp³-hybridized carbons (Fsp3) is 0.750. The first kappa shape index (κ1) is 10.8. The van der Waals surface area contributed by atoms with E-state index in [9.17, 15) is 4.79 Å². The van der Waals surface area contributed by atoms with Crippen LogP contribution in [0, 0.1) is 0 Å². The van der Waals surface area contributed by atoms with Crippen molar-refractivity contribution in [1.29, 1.82) is 0 Å². The largest absolute Gasteiger partial charge is 0.480 e. The van der Waals surface area contributed by atoms with E-state index in [1.807, 2.05) is 0 Å². The Morgan fingerprint density at radius 3 is 2.20 bits per heavy atom. The Labute approximate surface area is 81.6 Å². The summed E-state index contributed by atoms with van der Waals surface area (Å²) in [4.78, 5) is 9.19. The predicted molar refractivity (Wildman–Crippen MR) is 45.5 cm³/mol. The van der Waals surface area contributed by atoms with E-state index in [0.717, 1.165) is 0 Å². The highest BCUT2D eigenvalue weighted by molar-refractivity contribution is 9.10. The fourth-order valence-electron chi connectivity index (χ4n) is 0.248. The van der Waals surface area contributed by atoms with E-state index in [1.165, 1.54) is 0 Å². The first-order valence-corrected chi connectivity index (χ1v) is 4.43. The Hall–Kier alpha value is 0.820. The number of hydrogen-bond acceptors (Lipinski definition) is 1. The summed E-state index contributed by atoms with van der Waals surface area (Å²) >= 11 is 19.0. The molecule has 2 nitrogen and oxygen atoms in total. The standard InChI is InChI=1S/C4H4BrCl3O2/c5-2(3(9)10)4(7,8)1-6/h2H,1H2,(H,9,10). The summed E-state index contributed by atoms with van der Waals surface area (Å²) < 4.78 is -1.45. The van der Waals surface area contributed by atoms with Gasteiger partial charge in [0.05, 0.1) is 5.88 Å². The molecule has 0 rings (SSSR count). The summed E-state index contributed by atoms with van der Waals surface area (Å²) in [5, 5.41) is 8.37. The second-order valence-electron chi connectivity index (χ2n) is 1.60. The number of halogens is 4. The first-order chi connectivity index (χ1) is 4.41. The first-order valence-electron chi connectivity index (χ1n) is 2.22. The number of alkyl halides is 4. The molecule has 1 atom stereocenters. The quantitative estimate of drug-likeness (QED) is 0.799. The Morgan fingerprint density at radius 1 is 1.70 bits per heavy atom. The zero-order chi connectivity index (χ0) is 8.36. The van der Waals surface area contributed by atoms with E-state index in [-0.39, 0.29) is 5.88 Å². The van der Waals surface area contributed by atoms with Crippen LogP contribution < -0.4 is 0 Å². The molecular formula is C4H4BrCl3O2. The van der Waals surface area contributed by atoms with Gasteiger partial charge in [0.15, 0.2) is 4.33 Å². The van der Waals surface area contributed by atoms with Crippen LogP contribution >= 0.6 is 50.7 Å². The summed E-state index contributed by atoms with van der Waals surface area (Å²) in [6.45, 7) is 0. The van der Waals surface area contributed by atoms with E-state index in [0.29, 0.717) is 0 Å². The summed E-state index contributed by atoms with van der Waals surface area (Å²) in [6.07, 6.45) is 0. The van der Waals surface area contributed by atoms with Gasteiger partial charge in [0.1, 0.15) is 4.83 Å². The topological polar surface area (TPSA) is 37.3 Å². The van der Waals surface area contributed by atoms with Crippen LogP contribution in [0.25, 0.3) is 0 Å². The number of carboxylic acid groups (broad SMARTS) is 1. The number of hydrogen-bond donors (Lipinski definition) is 1. The van der Waals surface area contributed by atoms with Gasteiger partial charge in [0, 0.05) is 0 Å². The molecule has 0 saturated heterocycles. The maximum Gasteiger partial charge on any atom is 0.320 e. The average Bonchev–Trinajstić information content (AvgIpc) is 1.86. The van der Waals surface area contributed by atoms with E-state index in [4.69, 9.17) is 39.9 Å². The van der Waals surface area contributed by atoms with Gasteiger partial charge < -0.3 is 5.11 Å². The van der Waals surface area contributed by atoms with Crippen LogP contribution in [0.1, 0.15) is 0 Å². The molecule has 0 bridgehead atoms. The lowest BCUT2D eigenvalue weighted by molar-refractivity contribution is -0.136. The van der Waals surface area contributed by atoms with Crippen molar-refractivity contribution in [3.63, 3.8) is 0 Å². The molecule has 0 amide bonds. The zero-order valence-corrected chi connectivity index (χ0v) is 8.51. The summed E-state index contributed by atoms with van der Waals surface area (Å²) in [6, 6.07) is 0. The molecule has 0 aromatic carbocycles. The average molecular weight is 270 g/mol. The highest BCUT2D eigenvalue weighted by Crippen LogP contribution is 2.31. The molecule has 0 heterocycles. The third-order valence-electron chi connectivity index (χ3n) is 0.766. The molecule has 0 aromatic heterocycles. The summed E-state index contributed by atoms with van der Waals surface area (Å²) in [7, 11) is 0. The molecule has 0 fully saturated rings. The maximum atomic E-state index is 10.2. The third-order valence-corrected chi connectivity index (χ3v) is 3.87. The van der Waals surface area contributed by atoms with E-state index >= 15 is 0 Å². The van der Waals surface area contributed by atoms with Gasteiger partial charge in [-0.25, -0.2) is 0 Å². The molecule has 0 saturated carbocycles. The molecule has 6 heteroatoms. The Morgan fingerprint density at radius 2 is 2.10 bits per heavy atom. The number of aliphatic carboxylic acids is 1. The molecule has 0 aromatic rings. The minimum absolute atomic E-state index is 0.141. The number of rotatable bonds is 3. The van der Waals surface area contributed by atoms with Crippen LogP contribution in [0.4, 0.5) is 0 Å². The van der Waals surface area contributed by atoms with Crippen molar-refractivity contribution in [3.05, 3.63) is 0 Å². The summed E-state index contributed by atoms with van der Waals surface area (Å²) in [5.41, 5.74) is 0. The van der Waals surface area contributed by atoms with Gasteiger partial charge in [-0.3, -0.25) is 4.79 Å². The van der Waals surface area contributed by atoms with Gasteiger partial charge in [-0.2, -0.15) is 0 Å². The SMILES string of the molecule is O=C(O)C(Br)C(Cl)(Cl)CCl. The van der Waals surface area contributed by atoms with Crippen molar-refractivity contribution in [3.8, 4) is 0 Å². The summed E-state index contributed by atoms with van der Waals surface area (Å²) in [5.74, 6) is -1.27. The van der Waals surface area contributed by atoms with E-state index in [1.54, 1.807) is 0 Å². The highest BCUT2D eigenvalue weighted by atomic mass is 79.9. The molecule has 0 aliphatic heterocycles. The van der Waals surface area contributed by atoms with Crippen LogP contribution in [0.3, 0.4) is 0 Å². The lowest BCUT2D eigenvalue weighted by Crippen LogP contribution is -2.34. The molecule has 0 spiro atoms. The fourth-order valence-corrected chi connectivity index (χ4v) is 0.938. The molecule has 0 aliphatic carbocycles. The molecule has 1 unspecified atom stereocenters. The van der Waals surface area contributed by atoms with Crippen molar-refractivity contribution >= 4 is 56.7 Å². The highest BCUT2D eigenvalue weighted by Gasteiger charge is 2.37. The van der Waals surface area contributed by atoms with Crippen molar-refractivity contribution in [1.82, 2.24) is 0 Å². The smallest absolute Gasteiger partial charge is 0.320 e. The van der Waals surface area contributed by atoms with Crippen LogP contribution in [0.2, 0.25) is 0 Å². The normalized spacial score (nSPS) is 14.8. The predicted octanol–water partition coefficient (Wildman–Crippen LogP) is 2.25. The van der Waals surface area contributed by atoms with Gasteiger partial charge in [-0.05, 0) is 0 Å². The third kappa shape index (κ3) is 2.82. The van der Waals surface area contributed by atoms with E-state index in [2.05, 4.69) is 15.9 Å². The second-order valence-corrected chi connectivity index (χ2v) is 4.32. The van der Waals surface area contributed by atoms with Gasteiger partial charge in [-0.1, -0.05) is 39.1 Å². The molecule has 60 valence electrons. The maximum absolute atomic E-state index is 10.2. The van der Waals surface area contributed by atoms with Crippen molar-refractivity contribution in [2.75, 3.05) is 5.88 Å². The molecule has 0 aliphatic rings. The van der Waals surface area contributed by atoms with Crippen LogP contribution in [-0.4, -0.2) is 26.1 Å². The van der Waals surface area contributed by atoms with Crippen LogP contribution in [-0.2, 0) is 4.79 Å². The van der Waals surface area contributed by atoms with Crippen molar-refractivity contribution in [2.45, 2.75) is 9.16 Å². The van der Waals surface area contributed by atoms with Gasteiger partial charge in [0.2, 0.25) is 0 Å². The molecular weight excluding hydrogens is 266 g/mol. The Balaban J connectivity index is 4.17. The van der Waals surface area contributed by atoms with Crippen LogP contribution in [0.15, 0.2) is 0 Å². The van der Waals surface area contributed by atoms with Crippen molar-refractivity contribution < 1.29 is 9.90 Å². The monoisotopic (exact) mass is 268 g/mol. The van der Waals surface area contributed by atoms with E-state index < -0.39 is 15.1 Å². The van der Waals surface area contributed by atoms with Crippen LogP contribution in [0.5, 0.6) is 0 Å². The lowest BCUT2D eigenvalue weighted by Gasteiger charge is -2.18.